The van der Waals surface area contributed by atoms with Crippen LogP contribution in [0.5, 0.6) is 0 Å². The number of hydrogen-bond donors (Lipinski definition) is 1. The van der Waals surface area contributed by atoms with Crippen molar-refractivity contribution in [3.63, 3.8) is 0 Å². The zero-order chi connectivity index (χ0) is 17.0. The van der Waals surface area contributed by atoms with Gasteiger partial charge in [0, 0.05) is 6.54 Å². The van der Waals surface area contributed by atoms with Gasteiger partial charge in [-0.05, 0) is 46.1 Å². The highest BCUT2D eigenvalue weighted by molar-refractivity contribution is 5.86. The molecule has 1 heterocycles. The van der Waals surface area contributed by atoms with Crippen LogP contribution in [0.1, 0.15) is 52.1 Å². The highest BCUT2D eigenvalue weighted by Gasteiger charge is 2.36. The van der Waals surface area contributed by atoms with Crippen LogP contribution in [-0.4, -0.2) is 35.1 Å². The molecule has 5 nitrogen and oxygen atoms in total. The van der Waals surface area contributed by atoms with Crippen molar-refractivity contribution in [2.45, 2.75) is 58.2 Å². The molecule has 5 heteroatoms. The predicted molar refractivity (Wildman–Crippen MR) is 89.0 cm³/mol. The summed E-state index contributed by atoms with van der Waals surface area (Å²) in [5.41, 5.74) is 0.487. The number of carbonyl (C=O) groups excluding carboxylic acids is 2. The zero-order valence-electron chi connectivity index (χ0n) is 14.3. The minimum atomic E-state index is -0.558. The van der Waals surface area contributed by atoms with Crippen LogP contribution in [0.4, 0.5) is 4.79 Å². The van der Waals surface area contributed by atoms with Gasteiger partial charge in [-0.25, -0.2) is 4.79 Å². The van der Waals surface area contributed by atoms with Crippen molar-refractivity contribution in [1.29, 1.82) is 0 Å². The Hall–Kier alpha value is -2.04. The van der Waals surface area contributed by atoms with Crippen molar-refractivity contribution < 1.29 is 14.3 Å². The molecule has 1 aliphatic heterocycles. The van der Waals surface area contributed by atoms with Crippen LogP contribution in [0.2, 0.25) is 0 Å². The molecule has 1 aliphatic rings. The molecule has 1 saturated heterocycles. The normalized spacial score (nSPS) is 19.3. The van der Waals surface area contributed by atoms with Crippen molar-refractivity contribution in [1.82, 2.24) is 10.2 Å². The van der Waals surface area contributed by atoms with Crippen molar-refractivity contribution in [2.24, 2.45) is 0 Å². The number of benzene rings is 1. The molecule has 0 spiro atoms. The van der Waals surface area contributed by atoms with E-state index in [2.05, 4.69) is 5.32 Å². The Bertz CT molecular complexity index is 551. The first-order chi connectivity index (χ1) is 10.8. The average molecular weight is 318 g/mol. The van der Waals surface area contributed by atoms with Gasteiger partial charge in [-0.1, -0.05) is 30.3 Å². The van der Waals surface area contributed by atoms with Crippen molar-refractivity contribution in [3.8, 4) is 0 Å². The van der Waals surface area contributed by atoms with E-state index in [1.165, 1.54) is 4.90 Å². The van der Waals surface area contributed by atoms with Gasteiger partial charge in [0.1, 0.15) is 11.6 Å². The molecule has 2 atom stereocenters. The molecule has 0 bridgehead atoms. The smallest absolute Gasteiger partial charge is 0.410 e. The summed E-state index contributed by atoms with van der Waals surface area (Å²) in [6.07, 6.45) is 1.08. The second-order valence-corrected chi connectivity index (χ2v) is 6.97. The summed E-state index contributed by atoms with van der Waals surface area (Å²) in [5, 5.41) is 3.00. The number of carbonyl (C=O) groups is 2. The average Bonchev–Trinajstić information content (AvgIpc) is 2.96. The van der Waals surface area contributed by atoms with Crippen molar-refractivity contribution in [3.05, 3.63) is 35.9 Å². The lowest BCUT2D eigenvalue weighted by Crippen LogP contribution is -2.48. The third-order valence-corrected chi connectivity index (χ3v) is 3.84. The standard InChI is InChI=1S/C18H26N2O3/c1-13(14-9-6-5-7-10-14)19-16(21)15-11-8-12-20(15)17(22)23-18(2,3)4/h5-7,9-10,13,15H,8,11-12H2,1-4H3,(H,19,21)/t13?,15-/m0/s1. The molecular weight excluding hydrogens is 292 g/mol. The molecule has 1 unspecified atom stereocenters. The molecule has 1 aromatic carbocycles. The summed E-state index contributed by atoms with van der Waals surface area (Å²) in [6.45, 7) is 7.99. The van der Waals surface area contributed by atoms with E-state index < -0.39 is 17.7 Å². The van der Waals surface area contributed by atoms with Crippen LogP contribution in [0.15, 0.2) is 30.3 Å². The molecular formula is C18H26N2O3. The Morgan fingerprint density at radius 1 is 1.26 bits per heavy atom. The second-order valence-electron chi connectivity index (χ2n) is 6.97. The van der Waals surface area contributed by atoms with E-state index in [-0.39, 0.29) is 11.9 Å². The number of rotatable bonds is 3. The fourth-order valence-corrected chi connectivity index (χ4v) is 2.71. The maximum atomic E-state index is 12.5. The predicted octanol–water partition coefficient (Wildman–Crippen LogP) is 3.26. The molecule has 1 fully saturated rings. The van der Waals surface area contributed by atoms with Gasteiger partial charge in [0.05, 0.1) is 6.04 Å². The quantitative estimate of drug-likeness (QED) is 0.930. The summed E-state index contributed by atoms with van der Waals surface area (Å²) in [4.78, 5) is 26.3. The van der Waals surface area contributed by atoms with Gasteiger partial charge >= 0.3 is 6.09 Å². The van der Waals surface area contributed by atoms with E-state index in [0.29, 0.717) is 13.0 Å². The molecule has 126 valence electrons. The lowest BCUT2D eigenvalue weighted by atomic mass is 10.1. The van der Waals surface area contributed by atoms with Crippen LogP contribution in [-0.2, 0) is 9.53 Å². The van der Waals surface area contributed by atoms with E-state index in [1.54, 1.807) is 0 Å². The summed E-state index contributed by atoms with van der Waals surface area (Å²) in [6, 6.07) is 9.25. The van der Waals surface area contributed by atoms with E-state index in [9.17, 15) is 9.59 Å². The number of nitrogens with one attached hydrogen (secondary N) is 1. The first-order valence-corrected chi connectivity index (χ1v) is 8.13. The topological polar surface area (TPSA) is 58.6 Å². The van der Waals surface area contributed by atoms with Gasteiger partial charge < -0.3 is 10.1 Å². The Morgan fingerprint density at radius 3 is 2.52 bits per heavy atom. The molecule has 1 aromatic rings. The Kier molecular flexibility index (Phi) is 5.29. The lowest BCUT2D eigenvalue weighted by Gasteiger charge is -2.28. The fraction of sp³-hybridized carbons (Fsp3) is 0.556. The number of nitrogens with zero attached hydrogens (tertiary/aromatic N) is 1. The van der Waals surface area contributed by atoms with Crippen LogP contribution in [0.3, 0.4) is 0 Å². The molecule has 0 saturated carbocycles. The van der Waals surface area contributed by atoms with Crippen LogP contribution >= 0.6 is 0 Å². The number of hydrogen-bond acceptors (Lipinski definition) is 3. The first-order valence-electron chi connectivity index (χ1n) is 8.13. The van der Waals surface area contributed by atoms with Crippen molar-refractivity contribution in [2.75, 3.05) is 6.54 Å². The molecule has 2 rings (SSSR count). The number of ether oxygens (including phenoxy) is 1. The Balaban J connectivity index is 1.99. The summed E-state index contributed by atoms with van der Waals surface area (Å²) in [7, 11) is 0. The van der Waals surface area contributed by atoms with Crippen molar-refractivity contribution >= 4 is 12.0 Å². The van der Waals surface area contributed by atoms with Gasteiger partial charge in [-0.3, -0.25) is 9.69 Å². The SMILES string of the molecule is CC(NC(=O)[C@@H]1CCCN1C(=O)OC(C)(C)C)c1ccccc1. The van der Waals surface area contributed by atoms with E-state index >= 15 is 0 Å². The molecule has 1 N–H and O–H groups in total. The first kappa shape index (κ1) is 17.3. The van der Waals surface area contributed by atoms with Gasteiger partial charge in [0.25, 0.3) is 0 Å². The maximum absolute atomic E-state index is 12.5. The minimum absolute atomic E-state index is 0.0928. The van der Waals surface area contributed by atoms with Crippen LogP contribution in [0.25, 0.3) is 0 Å². The Labute approximate surface area is 138 Å². The summed E-state index contributed by atoms with van der Waals surface area (Å²) in [5.74, 6) is -0.121. The lowest BCUT2D eigenvalue weighted by molar-refractivity contribution is -0.126. The second kappa shape index (κ2) is 7.02. The summed E-state index contributed by atoms with van der Waals surface area (Å²) < 4.78 is 5.40. The van der Waals surface area contributed by atoms with Gasteiger partial charge in [-0.15, -0.1) is 0 Å². The molecule has 0 aliphatic carbocycles. The molecule has 0 radical (unpaired) electrons. The molecule has 23 heavy (non-hydrogen) atoms. The fourth-order valence-electron chi connectivity index (χ4n) is 2.71. The van der Waals surface area contributed by atoms with Gasteiger partial charge in [0.15, 0.2) is 0 Å². The largest absolute Gasteiger partial charge is 0.444 e. The zero-order valence-corrected chi connectivity index (χ0v) is 14.3. The number of amides is 2. The molecule has 2 amide bonds. The van der Waals surface area contributed by atoms with Crippen LogP contribution < -0.4 is 5.32 Å². The highest BCUT2D eigenvalue weighted by atomic mass is 16.6. The van der Waals surface area contributed by atoms with E-state index in [0.717, 1.165) is 12.0 Å². The monoisotopic (exact) mass is 318 g/mol. The summed E-state index contributed by atoms with van der Waals surface area (Å²) >= 11 is 0. The Morgan fingerprint density at radius 2 is 1.91 bits per heavy atom. The third kappa shape index (κ3) is 4.71. The number of likely N-dealkylation sites (tertiary alicyclic amines) is 1. The molecule has 0 aromatic heterocycles. The minimum Gasteiger partial charge on any atom is -0.444 e. The maximum Gasteiger partial charge on any atom is 0.410 e. The van der Waals surface area contributed by atoms with E-state index in [4.69, 9.17) is 4.74 Å². The van der Waals surface area contributed by atoms with Gasteiger partial charge in [0.2, 0.25) is 5.91 Å². The van der Waals surface area contributed by atoms with E-state index in [1.807, 2.05) is 58.0 Å². The third-order valence-electron chi connectivity index (χ3n) is 3.84. The van der Waals surface area contributed by atoms with Gasteiger partial charge in [-0.2, -0.15) is 0 Å². The van der Waals surface area contributed by atoms with Crippen LogP contribution in [0, 0.1) is 0 Å². The highest BCUT2D eigenvalue weighted by Crippen LogP contribution is 2.22.